The minimum absolute atomic E-state index is 0.0354. The smallest absolute Gasteiger partial charge is 0.312 e. The monoisotopic (exact) mass is 401 g/mol. The molecule has 0 saturated heterocycles. The second kappa shape index (κ2) is 7.91. The summed E-state index contributed by atoms with van der Waals surface area (Å²) in [6, 6.07) is 12.4. The number of nitrogens with zero attached hydrogens (tertiary/aromatic N) is 3. The van der Waals surface area contributed by atoms with Gasteiger partial charge in [0.1, 0.15) is 5.75 Å². The number of benzene rings is 2. The molecule has 0 aliphatic heterocycles. The molecule has 0 aliphatic carbocycles. The Morgan fingerprint density at radius 2 is 1.86 bits per heavy atom. The topological polar surface area (TPSA) is 103 Å². The first kappa shape index (κ1) is 19.7. The Labute approximate surface area is 162 Å². The Bertz CT molecular complexity index is 1130. The third kappa shape index (κ3) is 3.80. The van der Waals surface area contributed by atoms with Gasteiger partial charge in [-0.15, -0.1) is 0 Å². The van der Waals surface area contributed by atoms with Gasteiger partial charge in [0.2, 0.25) is 15.8 Å². The fraction of sp³-hybridized carbons (Fsp3) is 0.211. The van der Waals surface area contributed by atoms with Crippen LogP contribution in [-0.4, -0.2) is 35.7 Å². The Morgan fingerprint density at radius 3 is 2.54 bits per heavy atom. The van der Waals surface area contributed by atoms with Crippen LogP contribution in [0.15, 0.2) is 59.6 Å². The Morgan fingerprint density at radius 1 is 1.11 bits per heavy atom. The molecule has 0 bridgehead atoms. The molecule has 28 heavy (non-hydrogen) atoms. The third-order valence-electron chi connectivity index (χ3n) is 4.27. The first-order valence-electron chi connectivity index (χ1n) is 8.68. The van der Waals surface area contributed by atoms with Crippen molar-refractivity contribution in [2.45, 2.75) is 18.7 Å². The fourth-order valence-electron chi connectivity index (χ4n) is 2.84. The molecule has 146 valence electrons. The molecular formula is C19H19N3O5S. The summed E-state index contributed by atoms with van der Waals surface area (Å²) in [6.45, 7) is 3.97. The summed E-state index contributed by atoms with van der Waals surface area (Å²) in [5.41, 5.74) is 0.351. The number of aromatic nitrogens is 1. The van der Waals surface area contributed by atoms with Gasteiger partial charge in [0.15, 0.2) is 0 Å². The number of hydrogen-bond acceptors (Lipinski definition) is 6. The van der Waals surface area contributed by atoms with E-state index in [1.165, 1.54) is 16.4 Å². The van der Waals surface area contributed by atoms with Crippen LogP contribution in [0.1, 0.15) is 13.8 Å². The highest BCUT2D eigenvalue weighted by Crippen LogP contribution is 2.34. The summed E-state index contributed by atoms with van der Waals surface area (Å²) in [5.74, 6) is 0.356. The van der Waals surface area contributed by atoms with Gasteiger partial charge in [0.05, 0.1) is 15.3 Å². The van der Waals surface area contributed by atoms with Crippen molar-refractivity contribution in [3.8, 4) is 11.5 Å². The number of hydrogen-bond donors (Lipinski definition) is 0. The summed E-state index contributed by atoms with van der Waals surface area (Å²) in [7, 11) is -3.81. The Kier molecular flexibility index (Phi) is 5.57. The molecule has 9 heteroatoms. The van der Waals surface area contributed by atoms with Crippen molar-refractivity contribution in [1.29, 1.82) is 0 Å². The highest BCUT2D eigenvalue weighted by Gasteiger charge is 2.26. The van der Waals surface area contributed by atoms with Crippen LogP contribution in [0.5, 0.6) is 11.5 Å². The number of ether oxygens (including phenoxy) is 1. The summed E-state index contributed by atoms with van der Waals surface area (Å²) in [5, 5.41) is 12.3. The lowest BCUT2D eigenvalue weighted by molar-refractivity contribution is -0.385. The number of nitro benzene ring substituents is 1. The molecule has 3 rings (SSSR count). The van der Waals surface area contributed by atoms with Crippen molar-refractivity contribution in [2.75, 3.05) is 13.1 Å². The molecule has 0 fully saturated rings. The van der Waals surface area contributed by atoms with Crippen LogP contribution < -0.4 is 4.74 Å². The number of rotatable bonds is 7. The molecule has 8 nitrogen and oxygen atoms in total. The molecule has 3 aromatic rings. The Hall–Kier alpha value is -3.04. The quantitative estimate of drug-likeness (QED) is 0.438. The number of pyridine rings is 1. The highest BCUT2D eigenvalue weighted by atomic mass is 32.2. The van der Waals surface area contributed by atoms with Gasteiger partial charge in [0, 0.05) is 30.7 Å². The molecular weight excluding hydrogens is 382 g/mol. The van der Waals surface area contributed by atoms with Gasteiger partial charge < -0.3 is 4.74 Å². The zero-order valence-electron chi connectivity index (χ0n) is 15.4. The predicted molar refractivity (Wildman–Crippen MR) is 105 cm³/mol. The number of fused-ring (bicyclic) bond motifs is 1. The van der Waals surface area contributed by atoms with Crippen LogP contribution in [0.25, 0.3) is 10.9 Å². The molecule has 0 amide bonds. The lowest BCUT2D eigenvalue weighted by Gasteiger charge is -2.18. The second-order valence-electron chi connectivity index (χ2n) is 5.94. The molecule has 0 atom stereocenters. The van der Waals surface area contributed by atoms with E-state index < -0.39 is 20.6 Å². The molecule has 0 radical (unpaired) electrons. The zero-order valence-corrected chi connectivity index (χ0v) is 16.2. The average Bonchev–Trinajstić information content (AvgIpc) is 2.68. The third-order valence-corrected chi connectivity index (χ3v) is 6.32. The van der Waals surface area contributed by atoms with Crippen LogP contribution in [0.2, 0.25) is 0 Å². The zero-order chi connectivity index (χ0) is 20.3. The molecule has 1 heterocycles. The van der Waals surface area contributed by atoms with Crippen molar-refractivity contribution in [3.05, 3.63) is 64.8 Å². The molecule has 2 aromatic carbocycles. The van der Waals surface area contributed by atoms with E-state index in [2.05, 4.69) is 4.98 Å². The SMILES string of the molecule is CCN(CC)S(=O)(=O)c1ccc(Oc2ccc3ncccc3c2)c([N+](=O)[O-])c1. The van der Waals surface area contributed by atoms with Gasteiger partial charge in [-0.1, -0.05) is 19.9 Å². The summed E-state index contributed by atoms with van der Waals surface area (Å²) in [6.07, 6.45) is 1.67. The van der Waals surface area contributed by atoms with Crippen LogP contribution in [0.4, 0.5) is 5.69 Å². The van der Waals surface area contributed by atoms with E-state index in [9.17, 15) is 18.5 Å². The largest absolute Gasteiger partial charge is 0.450 e. The lowest BCUT2D eigenvalue weighted by atomic mass is 10.2. The van der Waals surface area contributed by atoms with E-state index in [-0.39, 0.29) is 23.7 Å². The molecule has 0 aliphatic rings. The maximum absolute atomic E-state index is 12.6. The van der Waals surface area contributed by atoms with Gasteiger partial charge in [-0.25, -0.2) is 8.42 Å². The summed E-state index contributed by atoms with van der Waals surface area (Å²) in [4.78, 5) is 14.9. The fourth-order valence-corrected chi connectivity index (χ4v) is 4.32. The second-order valence-corrected chi connectivity index (χ2v) is 7.87. The standard InChI is InChI=1S/C19H19N3O5S/c1-3-21(4-2)28(25,26)16-8-10-19(18(13-16)22(23)24)27-15-7-9-17-14(12-15)6-5-11-20-17/h5-13H,3-4H2,1-2H3. The predicted octanol–water partition coefficient (Wildman–Crippen LogP) is 3.97. The van der Waals surface area contributed by atoms with Crippen LogP contribution in [0, 0.1) is 10.1 Å². The minimum Gasteiger partial charge on any atom is -0.450 e. The van der Waals surface area contributed by atoms with Crippen molar-refractivity contribution in [2.24, 2.45) is 0 Å². The minimum atomic E-state index is -3.81. The molecule has 0 saturated carbocycles. The van der Waals surface area contributed by atoms with Crippen molar-refractivity contribution in [1.82, 2.24) is 9.29 Å². The van der Waals surface area contributed by atoms with Crippen molar-refractivity contribution in [3.63, 3.8) is 0 Å². The highest BCUT2D eigenvalue weighted by molar-refractivity contribution is 7.89. The van der Waals surface area contributed by atoms with E-state index in [0.29, 0.717) is 5.75 Å². The first-order valence-corrected chi connectivity index (χ1v) is 10.1. The first-order chi connectivity index (χ1) is 13.4. The Balaban J connectivity index is 2.00. The lowest BCUT2D eigenvalue weighted by Crippen LogP contribution is -2.30. The molecule has 1 aromatic heterocycles. The molecule has 0 N–H and O–H groups in total. The van der Waals surface area contributed by atoms with E-state index in [1.54, 1.807) is 44.3 Å². The van der Waals surface area contributed by atoms with Gasteiger partial charge in [-0.05, 0) is 36.4 Å². The van der Waals surface area contributed by atoms with Gasteiger partial charge in [-0.3, -0.25) is 15.1 Å². The average molecular weight is 401 g/mol. The van der Waals surface area contributed by atoms with Crippen LogP contribution in [0.3, 0.4) is 0 Å². The maximum Gasteiger partial charge on any atom is 0.312 e. The van der Waals surface area contributed by atoms with Gasteiger partial charge in [0.25, 0.3) is 0 Å². The normalized spacial score (nSPS) is 11.7. The number of sulfonamides is 1. The van der Waals surface area contributed by atoms with Gasteiger partial charge in [-0.2, -0.15) is 4.31 Å². The van der Waals surface area contributed by atoms with E-state index in [0.717, 1.165) is 17.0 Å². The number of nitro groups is 1. The summed E-state index contributed by atoms with van der Waals surface area (Å²) < 4.78 is 32.2. The van der Waals surface area contributed by atoms with Crippen LogP contribution >= 0.6 is 0 Å². The molecule has 0 unspecified atom stereocenters. The molecule has 0 spiro atoms. The summed E-state index contributed by atoms with van der Waals surface area (Å²) >= 11 is 0. The van der Waals surface area contributed by atoms with Gasteiger partial charge >= 0.3 is 5.69 Å². The maximum atomic E-state index is 12.6. The van der Waals surface area contributed by atoms with E-state index >= 15 is 0 Å². The van der Waals surface area contributed by atoms with E-state index in [4.69, 9.17) is 4.74 Å². The van der Waals surface area contributed by atoms with E-state index in [1.807, 2.05) is 6.07 Å². The van der Waals surface area contributed by atoms with Crippen LogP contribution in [-0.2, 0) is 10.0 Å². The van der Waals surface area contributed by atoms with Crippen molar-refractivity contribution >= 4 is 26.6 Å². The van der Waals surface area contributed by atoms with Crippen molar-refractivity contribution < 1.29 is 18.1 Å².